The standard InChI is InChI=1S/C13H19FN2O2/c1-8(2)12(15)13(18)16-6-9-3-4-10(7-17)11(14)5-9/h3-5,8,12,17H,6-7,15H2,1-2H3,(H,16,18)/t12-/m0/s1. The van der Waals surface area contributed by atoms with E-state index in [-0.39, 0.29) is 30.5 Å². The molecule has 1 rings (SSSR count). The van der Waals surface area contributed by atoms with Crippen LogP contribution in [0.3, 0.4) is 0 Å². The van der Waals surface area contributed by atoms with E-state index in [2.05, 4.69) is 5.32 Å². The van der Waals surface area contributed by atoms with Gasteiger partial charge in [0, 0.05) is 12.1 Å². The predicted molar refractivity (Wildman–Crippen MR) is 67.0 cm³/mol. The lowest BCUT2D eigenvalue weighted by Gasteiger charge is -2.15. The quantitative estimate of drug-likeness (QED) is 0.731. The van der Waals surface area contributed by atoms with Crippen molar-refractivity contribution in [2.24, 2.45) is 11.7 Å². The minimum absolute atomic E-state index is 0.0542. The van der Waals surface area contributed by atoms with Crippen molar-refractivity contribution in [3.05, 3.63) is 35.1 Å². The molecule has 0 heterocycles. The van der Waals surface area contributed by atoms with Crippen molar-refractivity contribution < 1.29 is 14.3 Å². The highest BCUT2D eigenvalue weighted by Gasteiger charge is 2.16. The summed E-state index contributed by atoms with van der Waals surface area (Å²) in [4.78, 5) is 11.6. The molecule has 18 heavy (non-hydrogen) atoms. The molecule has 5 heteroatoms. The van der Waals surface area contributed by atoms with Gasteiger partial charge in [0.2, 0.25) is 5.91 Å². The molecule has 100 valence electrons. The summed E-state index contributed by atoms with van der Waals surface area (Å²) in [6.45, 7) is 3.61. The van der Waals surface area contributed by atoms with Crippen LogP contribution in [0.4, 0.5) is 4.39 Å². The second kappa shape index (κ2) is 6.47. The molecule has 0 saturated heterocycles. The van der Waals surface area contributed by atoms with E-state index in [4.69, 9.17) is 10.8 Å². The average Bonchev–Trinajstić information content (AvgIpc) is 2.35. The van der Waals surface area contributed by atoms with Gasteiger partial charge in [-0.2, -0.15) is 0 Å². The molecule has 0 saturated carbocycles. The van der Waals surface area contributed by atoms with E-state index in [1.54, 1.807) is 6.07 Å². The Kier molecular flexibility index (Phi) is 5.25. The topological polar surface area (TPSA) is 75.4 Å². The van der Waals surface area contributed by atoms with Gasteiger partial charge >= 0.3 is 0 Å². The van der Waals surface area contributed by atoms with Crippen molar-refractivity contribution in [2.45, 2.75) is 33.0 Å². The second-order valence-corrected chi connectivity index (χ2v) is 4.57. The molecule has 0 fully saturated rings. The van der Waals surface area contributed by atoms with Crippen LogP contribution in [0.15, 0.2) is 18.2 Å². The Morgan fingerprint density at radius 1 is 1.50 bits per heavy atom. The monoisotopic (exact) mass is 254 g/mol. The zero-order valence-electron chi connectivity index (χ0n) is 10.6. The fourth-order valence-electron chi connectivity index (χ4n) is 1.44. The van der Waals surface area contributed by atoms with E-state index < -0.39 is 11.9 Å². The number of hydrogen-bond donors (Lipinski definition) is 3. The molecule has 1 aromatic rings. The summed E-state index contributed by atoms with van der Waals surface area (Å²) in [5.41, 5.74) is 6.55. The third-order valence-electron chi connectivity index (χ3n) is 2.78. The molecule has 0 aliphatic heterocycles. The Hall–Kier alpha value is -1.46. The third kappa shape index (κ3) is 3.78. The molecule has 0 aliphatic carbocycles. The van der Waals surface area contributed by atoms with Gasteiger partial charge in [0.15, 0.2) is 0 Å². The van der Waals surface area contributed by atoms with Crippen molar-refractivity contribution >= 4 is 5.91 Å². The Balaban J connectivity index is 2.59. The Bertz CT molecular complexity index is 421. The number of amides is 1. The fraction of sp³-hybridized carbons (Fsp3) is 0.462. The van der Waals surface area contributed by atoms with Crippen LogP contribution < -0.4 is 11.1 Å². The summed E-state index contributed by atoms with van der Waals surface area (Å²) >= 11 is 0. The molecule has 0 bridgehead atoms. The lowest BCUT2D eigenvalue weighted by atomic mass is 10.0. The number of nitrogens with one attached hydrogen (secondary N) is 1. The van der Waals surface area contributed by atoms with E-state index in [0.717, 1.165) is 0 Å². The number of carbonyl (C=O) groups is 1. The van der Waals surface area contributed by atoms with Crippen molar-refractivity contribution in [1.82, 2.24) is 5.32 Å². The average molecular weight is 254 g/mol. The van der Waals surface area contributed by atoms with Gasteiger partial charge in [-0.1, -0.05) is 26.0 Å². The molecule has 0 aromatic heterocycles. The maximum absolute atomic E-state index is 13.4. The van der Waals surface area contributed by atoms with Crippen molar-refractivity contribution in [3.63, 3.8) is 0 Å². The van der Waals surface area contributed by atoms with Gasteiger partial charge in [0.25, 0.3) is 0 Å². The van der Waals surface area contributed by atoms with Gasteiger partial charge in [-0.05, 0) is 17.5 Å². The molecular weight excluding hydrogens is 235 g/mol. The highest BCUT2D eigenvalue weighted by Crippen LogP contribution is 2.10. The number of halogens is 1. The third-order valence-corrected chi connectivity index (χ3v) is 2.78. The largest absolute Gasteiger partial charge is 0.392 e. The molecule has 0 spiro atoms. The van der Waals surface area contributed by atoms with Gasteiger partial charge in [-0.25, -0.2) is 4.39 Å². The number of aliphatic hydroxyl groups excluding tert-OH is 1. The molecule has 1 aromatic carbocycles. The van der Waals surface area contributed by atoms with Gasteiger partial charge < -0.3 is 16.2 Å². The lowest BCUT2D eigenvalue weighted by Crippen LogP contribution is -2.43. The first kappa shape index (κ1) is 14.6. The van der Waals surface area contributed by atoms with Crippen LogP contribution in [0.5, 0.6) is 0 Å². The maximum atomic E-state index is 13.4. The summed E-state index contributed by atoms with van der Waals surface area (Å²) < 4.78 is 13.4. The first-order valence-corrected chi connectivity index (χ1v) is 5.87. The van der Waals surface area contributed by atoms with Crippen molar-refractivity contribution in [2.75, 3.05) is 0 Å². The Morgan fingerprint density at radius 3 is 2.67 bits per heavy atom. The van der Waals surface area contributed by atoms with Crippen LogP contribution in [0, 0.1) is 11.7 Å². The van der Waals surface area contributed by atoms with Crippen LogP contribution in [-0.4, -0.2) is 17.1 Å². The van der Waals surface area contributed by atoms with Gasteiger partial charge in [0.1, 0.15) is 5.82 Å². The fourth-order valence-corrected chi connectivity index (χ4v) is 1.44. The van der Waals surface area contributed by atoms with Crippen LogP contribution in [-0.2, 0) is 17.9 Å². The molecule has 0 unspecified atom stereocenters. The molecule has 0 aliphatic rings. The highest BCUT2D eigenvalue weighted by atomic mass is 19.1. The summed E-state index contributed by atoms with van der Waals surface area (Å²) in [5.74, 6) is -0.674. The summed E-state index contributed by atoms with van der Waals surface area (Å²) in [7, 11) is 0. The van der Waals surface area contributed by atoms with Crippen LogP contribution >= 0.6 is 0 Å². The Morgan fingerprint density at radius 2 is 2.17 bits per heavy atom. The number of hydrogen-bond acceptors (Lipinski definition) is 3. The number of benzene rings is 1. The summed E-state index contributed by atoms with van der Waals surface area (Å²) in [6.07, 6.45) is 0. The van der Waals surface area contributed by atoms with E-state index >= 15 is 0 Å². The van der Waals surface area contributed by atoms with E-state index in [9.17, 15) is 9.18 Å². The minimum atomic E-state index is -0.563. The van der Waals surface area contributed by atoms with Gasteiger partial charge in [-0.15, -0.1) is 0 Å². The lowest BCUT2D eigenvalue weighted by molar-refractivity contribution is -0.123. The zero-order valence-corrected chi connectivity index (χ0v) is 10.6. The summed E-state index contributed by atoms with van der Waals surface area (Å²) in [6, 6.07) is 3.90. The highest BCUT2D eigenvalue weighted by molar-refractivity contribution is 5.81. The number of aliphatic hydroxyl groups is 1. The van der Waals surface area contributed by atoms with Crippen LogP contribution in [0.25, 0.3) is 0 Å². The van der Waals surface area contributed by atoms with E-state index in [0.29, 0.717) is 5.56 Å². The number of rotatable bonds is 5. The van der Waals surface area contributed by atoms with Crippen molar-refractivity contribution in [3.8, 4) is 0 Å². The smallest absolute Gasteiger partial charge is 0.237 e. The normalized spacial score (nSPS) is 12.6. The molecule has 0 radical (unpaired) electrons. The minimum Gasteiger partial charge on any atom is -0.392 e. The molecule has 4 nitrogen and oxygen atoms in total. The van der Waals surface area contributed by atoms with E-state index in [1.165, 1.54) is 12.1 Å². The second-order valence-electron chi connectivity index (χ2n) is 4.57. The number of nitrogens with two attached hydrogens (primary N) is 1. The van der Waals surface area contributed by atoms with Gasteiger partial charge in [0.05, 0.1) is 12.6 Å². The Labute approximate surface area is 106 Å². The molecule has 1 amide bonds. The molecule has 4 N–H and O–H groups in total. The van der Waals surface area contributed by atoms with Gasteiger partial charge in [-0.3, -0.25) is 4.79 Å². The number of carbonyl (C=O) groups excluding carboxylic acids is 1. The van der Waals surface area contributed by atoms with Crippen LogP contribution in [0.1, 0.15) is 25.0 Å². The first-order chi connectivity index (χ1) is 8.45. The van der Waals surface area contributed by atoms with Crippen LogP contribution in [0.2, 0.25) is 0 Å². The van der Waals surface area contributed by atoms with E-state index in [1.807, 2.05) is 13.8 Å². The zero-order chi connectivity index (χ0) is 13.7. The molecule has 1 atom stereocenters. The predicted octanol–water partition coefficient (Wildman–Crippen LogP) is 0.917. The summed E-state index contributed by atoms with van der Waals surface area (Å²) in [5, 5.41) is 11.5. The SMILES string of the molecule is CC(C)[C@H](N)C(=O)NCc1ccc(CO)c(F)c1. The first-order valence-electron chi connectivity index (χ1n) is 5.87. The maximum Gasteiger partial charge on any atom is 0.237 e. The van der Waals surface area contributed by atoms with Crippen molar-refractivity contribution in [1.29, 1.82) is 0 Å². The molecular formula is C13H19FN2O2.